The van der Waals surface area contributed by atoms with Crippen LogP contribution >= 0.6 is 45.2 Å². The normalized spacial score (nSPS) is 10.9. The fourth-order valence-corrected chi connectivity index (χ4v) is 11.8. The monoisotopic (exact) mass is 2130 g/mol. The van der Waals surface area contributed by atoms with E-state index in [1.807, 2.05) is 206 Å². The Labute approximate surface area is 845 Å². The summed E-state index contributed by atoms with van der Waals surface area (Å²) in [5.74, 6) is 21.3. The van der Waals surface area contributed by atoms with Crippen molar-refractivity contribution in [1.29, 1.82) is 0 Å². The number of aldehydes is 2. The molecule has 4 atom stereocenters. The van der Waals surface area contributed by atoms with Gasteiger partial charge in [0.1, 0.15) is 102 Å². The SMILES string of the molecule is C#CC(C#Cc1ccc(OCOC)cc1)c1ccc(OCOC)cc1.C#CC(O)c1ccc(OCOC)cc1.C=CC(/C=C\c1ccc(O)cc1)c1ccc(O)cc1.C=CC(/C=C\c1ccc(OCOC)cc1)c1ccc(OCOC)cc1.COCOc1ccc(C#C[Si](C)(C)C)cc1.COCOc1ccc(C=O)cc1.COCOc1ccc(I)cc1.O=Cc1ccc(O)cc1.Oc1ccc(I)cc1. The zero-order valence-corrected chi connectivity index (χ0v) is 85.0. The van der Waals surface area contributed by atoms with Crippen LogP contribution in [0.1, 0.15) is 89.1 Å². The number of aliphatic hydroxyl groups is 1. The number of halogens is 2. The Balaban J connectivity index is 0.000000334. The van der Waals surface area contributed by atoms with Crippen molar-refractivity contribution in [3.8, 4) is 117 Å². The van der Waals surface area contributed by atoms with E-state index in [9.17, 15) is 24.9 Å². The fraction of sp³-hybridized carbons (Fsp3) is 0.204. The largest absolute Gasteiger partial charge is 0.508 e. The summed E-state index contributed by atoms with van der Waals surface area (Å²) in [7, 11) is 11.4. The summed E-state index contributed by atoms with van der Waals surface area (Å²) in [6.07, 6.45) is 23.3. The predicted octanol–water partition coefficient (Wildman–Crippen LogP) is 23.3. The van der Waals surface area contributed by atoms with Gasteiger partial charge in [0.15, 0.2) is 54.3 Å². The average molecular weight is 2130 g/mol. The lowest BCUT2D eigenvalue weighted by Crippen LogP contribution is -2.16. The summed E-state index contributed by atoms with van der Waals surface area (Å²) in [4.78, 5) is 20.3. The number of aliphatic hydroxyl groups excluding tert-OH is 1. The second-order valence-electron chi connectivity index (χ2n) is 29.4. The van der Waals surface area contributed by atoms with E-state index in [0.717, 1.165) is 89.6 Å². The smallest absolute Gasteiger partial charge is 0.188 e. The lowest BCUT2D eigenvalue weighted by Gasteiger charge is -2.10. The summed E-state index contributed by atoms with van der Waals surface area (Å²) in [6, 6.07) is 87.3. The molecule has 0 aromatic heterocycles. The summed E-state index contributed by atoms with van der Waals surface area (Å²) in [6.45, 7) is 16.4. The molecule has 4 unspecified atom stereocenters. The molecule has 139 heavy (non-hydrogen) atoms. The van der Waals surface area contributed by atoms with Crippen molar-refractivity contribution in [1.82, 2.24) is 0 Å². The third-order valence-electron chi connectivity index (χ3n) is 17.6. The highest BCUT2D eigenvalue weighted by Crippen LogP contribution is 2.28. The maximum atomic E-state index is 10.3. The Bertz CT molecular complexity index is 5630. The first-order valence-corrected chi connectivity index (χ1v) is 48.4. The van der Waals surface area contributed by atoms with Crippen molar-refractivity contribution in [2.75, 3.05) is 111 Å². The van der Waals surface area contributed by atoms with Crippen LogP contribution in [-0.2, 0) is 37.9 Å². The molecular formula is C113H120I2O23Si. The van der Waals surface area contributed by atoms with Gasteiger partial charge in [0.25, 0.3) is 0 Å². The summed E-state index contributed by atoms with van der Waals surface area (Å²) in [5.41, 5.74) is 12.4. The highest BCUT2D eigenvalue weighted by molar-refractivity contribution is 14.1. The van der Waals surface area contributed by atoms with Crippen LogP contribution in [0.2, 0.25) is 19.6 Å². The maximum absolute atomic E-state index is 10.3. The van der Waals surface area contributed by atoms with Crippen molar-refractivity contribution < 1.29 is 111 Å². The molecule has 12 aromatic rings. The zero-order chi connectivity index (χ0) is 101. The Kier molecular flexibility index (Phi) is 60.4. The number of ether oxygens (including phenoxy) is 16. The second kappa shape index (κ2) is 71.6. The summed E-state index contributed by atoms with van der Waals surface area (Å²) < 4.78 is 83.1. The lowest BCUT2D eigenvalue weighted by atomic mass is 9.98. The van der Waals surface area contributed by atoms with Gasteiger partial charge in [0.2, 0.25) is 0 Å². The molecule has 0 spiro atoms. The third-order valence-corrected chi connectivity index (χ3v) is 19.9. The van der Waals surface area contributed by atoms with E-state index in [2.05, 4.69) is 125 Å². The Morgan fingerprint density at radius 2 is 0.547 bits per heavy atom. The minimum absolute atomic E-state index is 0.0920. The molecule has 0 fully saturated rings. The molecule has 0 aliphatic carbocycles. The van der Waals surface area contributed by atoms with Gasteiger partial charge in [-0.25, -0.2) is 0 Å². The number of hydrogen-bond donors (Lipinski definition) is 5. The van der Waals surface area contributed by atoms with Gasteiger partial charge in [-0.2, -0.15) is 0 Å². The molecule has 0 saturated carbocycles. The van der Waals surface area contributed by atoms with Gasteiger partial charge in [0, 0.05) is 98.1 Å². The number of phenols is 4. The lowest BCUT2D eigenvalue weighted by molar-refractivity contribution is 0.0509. The molecule has 0 aliphatic rings. The van der Waals surface area contributed by atoms with E-state index >= 15 is 0 Å². The first-order valence-electron chi connectivity index (χ1n) is 42.7. The van der Waals surface area contributed by atoms with Crippen LogP contribution in [0.3, 0.4) is 0 Å². The highest BCUT2D eigenvalue weighted by atomic mass is 127. The molecule has 0 radical (unpaired) electrons. The molecule has 728 valence electrons. The standard InChI is InChI=1S/C21H24O4.C21H20O4.C17H16O2.C13H18O2Si.C11H12O3.C9H10O3.C8H9IO2.C7H6O2.C6H5IO/c2*1-4-18(19-9-13-21(14-10-19)25-16-23-3)8-5-17-6-11-20(12-7-17)24-15-22-2;1-2-14(15-7-11-17(19)12-8-15)6-3-13-4-9-16(18)10-5-13;1-14-11-15-13-7-5-12(6-8-13)9-10-16(2,3)4;1-3-11(12)9-4-6-10(7-5-9)14-8-13-2;1-11-7-12-9-4-2-8(6-10)3-5-9;1-10-6-11-8-4-2-7(9)3-5-8;8-5-6-1-3-7(9)4-2-6;7-5-1-3-6(8)4-2-5/h4-14,18H,1,15-16H2,2-3H3;1,6-7,9-14,18H,15-16H2,2-3H3;2-12,14,18-19H,1H2;5-8H,11H2,1-4H3;1,4-7,11-12H,8H2,2H3;2-6H,7H2,1H3;2-5H,6H2,1H3;1-5,9H;1-4,8H/b8-5-;;6-3-;;;;;;. The molecule has 0 amide bonds. The quantitative estimate of drug-likeness (QED) is 0.00609. The Hall–Kier alpha value is -13.9. The molecule has 12 aromatic carbocycles. The van der Waals surface area contributed by atoms with E-state index in [1.165, 1.54) is 15.7 Å². The molecule has 12 rings (SSSR count). The number of carbonyl (C=O) groups is 2. The van der Waals surface area contributed by atoms with Crippen LogP contribution in [0.25, 0.3) is 12.2 Å². The number of terminal acetylenes is 2. The van der Waals surface area contributed by atoms with Crippen LogP contribution in [0.15, 0.2) is 329 Å². The first-order chi connectivity index (χ1) is 67.3. The summed E-state index contributed by atoms with van der Waals surface area (Å²) >= 11 is 4.43. The topological polar surface area (TPSA) is 283 Å². The molecule has 26 heteroatoms. The van der Waals surface area contributed by atoms with Crippen LogP contribution < -0.4 is 37.9 Å². The van der Waals surface area contributed by atoms with Gasteiger partial charge in [-0.05, 0) is 297 Å². The van der Waals surface area contributed by atoms with Crippen molar-refractivity contribution in [2.24, 2.45) is 0 Å². The number of allylic oxidation sites excluding steroid dienone is 4. The fourth-order valence-electron chi connectivity index (χ4n) is 10.5. The molecular weight excluding hydrogens is 2010 g/mol. The Morgan fingerprint density at radius 3 is 0.820 bits per heavy atom. The number of carbonyl (C=O) groups excluding carboxylic acids is 2. The predicted molar refractivity (Wildman–Crippen MR) is 567 cm³/mol. The van der Waals surface area contributed by atoms with E-state index in [-0.39, 0.29) is 82.6 Å². The molecule has 0 heterocycles. The Morgan fingerprint density at radius 1 is 0.317 bits per heavy atom. The van der Waals surface area contributed by atoms with E-state index in [0.29, 0.717) is 40.7 Å². The van der Waals surface area contributed by atoms with Crippen molar-refractivity contribution in [3.63, 3.8) is 0 Å². The number of hydrogen-bond acceptors (Lipinski definition) is 23. The highest BCUT2D eigenvalue weighted by Gasteiger charge is 2.11. The molecule has 0 bridgehead atoms. The third kappa shape index (κ3) is 52.8. The minimum Gasteiger partial charge on any atom is -0.508 e. The van der Waals surface area contributed by atoms with E-state index in [1.54, 1.807) is 154 Å². The average Bonchev–Trinajstić information content (AvgIpc) is 1.05. The van der Waals surface area contributed by atoms with Gasteiger partial charge in [-0.15, -0.1) is 31.5 Å². The number of aromatic hydroxyl groups is 4. The molecule has 0 aliphatic heterocycles. The molecule has 23 nitrogen and oxygen atoms in total. The van der Waals surface area contributed by atoms with E-state index in [4.69, 9.17) is 98.8 Å². The van der Waals surface area contributed by atoms with Crippen molar-refractivity contribution in [2.45, 2.75) is 43.5 Å². The van der Waals surface area contributed by atoms with Crippen molar-refractivity contribution >= 4 is 78.0 Å². The van der Waals surface area contributed by atoms with E-state index < -0.39 is 14.2 Å². The first kappa shape index (κ1) is 117. The van der Waals surface area contributed by atoms with Gasteiger partial charge in [0.05, 0.1) is 0 Å². The van der Waals surface area contributed by atoms with Gasteiger partial charge >= 0.3 is 0 Å². The number of methoxy groups -OCH3 is 8. The van der Waals surface area contributed by atoms with Crippen molar-refractivity contribution in [3.05, 3.63) is 391 Å². The maximum Gasteiger partial charge on any atom is 0.188 e. The van der Waals surface area contributed by atoms with Crippen LogP contribution in [0, 0.1) is 55.1 Å². The minimum atomic E-state index is -1.29. The second-order valence-corrected chi connectivity index (χ2v) is 36.7. The van der Waals surface area contributed by atoms with Crippen LogP contribution in [0.5, 0.6) is 69.0 Å². The van der Waals surface area contributed by atoms with Gasteiger partial charge in [-0.1, -0.05) is 158 Å². The number of benzene rings is 12. The molecule has 0 saturated heterocycles. The van der Waals surface area contributed by atoms with Gasteiger partial charge < -0.3 is 101 Å². The zero-order valence-electron chi connectivity index (χ0n) is 79.7. The van der Waals surface area contributed by atoms with Crippen LogP contribution in [0.4, 0.5) is 0 Å². The number of phenolic OH excluding ortho intramolecular Hbond substituents is 4. The molecule has 5 N–H and O–H groups in total. The van der Waals surface area contributed by atoms with Crippen LogP contribution in [-0.4, -0.2) is 157 Å². The van der Waals surface area contributed by atoms with Gasteiger partial charge in [-0.3, -0.25) is 9.59 Å². The number of rotatable bonds is 36. The summed E-state index contributed by atoms with van der Waals surface area (Å²) in [5, 5.41) is 45.3.